The molecule has 30 heavy (non-hydrogen) atoms. The summed E-state index contributed by atoms with van der Waals surface area (Å²) in [5.41, 5.74) is 1.55. The normalized spacial score (nSPS) is 13.7. The average Bonchev–Trinajstić information content (AvgIpc) is 3.01. The molecule has 1 unspecified atom stereocenters. The summed E-state index contributed by atoms with van der Waals surface area (Å²) in [5, 5.41) is 0. The van der Waals surface area contributed by atoms with Crippen LogP contribution in [0.3, 0.4) is 0 Å². The van der Waals surface area contributed by atoms with Crippen LogP contribution in [-0.4, -0.2) is 52.7 Å². The zero-order valence-electron chi connectivity index (χ0n) is 17.0. The van der Waals surface area contributed by atoms with Crippen molar-refractivity contribution in [2.75, 3.05) is 13.2 Å². The first kappa shape index (κ1) is 21.2. The summed E-state index contributed by atoms with van der Waals surface area (Å²) in [6, 6.07) is 15.1. The predicted molar refractivity (Wildman–Crippen MR) is 110 cm³/mol. The van der Waals surface area contributed by atoms with Crippen molar-refractivity contribution >= 4 is 23.7 Å². The van der Waals surface area contributed by atoms with E-state index >= 15 is 0 Å². The maximum Gasteiger partial charge on any atom is 0.328 e. The van der Waals surface area contributed by atoms with E-state index in [2.05, 4.69) is 0 Å². The summed E-state index contributed by atoms with van der Waals surface area (Å²) in [7, 11) is 0. The highest BCUT2D eigenvalue weighted by atomic mass is 16.5. The highest BCUT2D eigenvalue weighted by Gasteiger charge is 2.36. The third-order valence-electron chi connectivity index (χ3n) is 5.04. The van der Waals surface area contributed by atoms with Crippen LogP contribution < -0.4 is 0 Å². The number of imide groups is 1. The van der Waals surface area contributed by atoms with Crippen molar-refractivity contribution in [3.8, 4) is 0 Å². The Morgan fingerprint density at radius 2 is 1.53 bits per heavy atom. The molecule has 0 aliphatic carbocycles. The number of benzene rings is 2. The van der Waals surface area contributed by atoms with E-state index in [1.54, 1.807) is 38.1 Å². The Balaban J connectivity index is 1.72. The Labute approximate surface area is 175 Å². The molecule has 2 aromatic carbocycles. The number of hydrogen-bond acceptors (Lipinski definition) is 5. The molecule has 0 saturated heterocycles. The Morgan fingerprint density at radius 1 is 0.967 bits per heavy atom. The summed E-state index contributed by atoms with van der Waals surface area (Å²) in [4.78, 5) is 52.8. The molecule has 0 aromatic heterocycles. The van der Waals surface area contributed by atoms with E-state index in [1.807, 2.05) is 30.3 Å². The van der Waals surface area contributed by atoms with Crippen molar-refractivity contribution in [1.29, 1.82) is 0 Å². The zero-order chi connectivity index (χ0) is 21.7. The van der Waals surface area contributed by atoms with Gasteiger partial charge in [-0.1, -0.05) is 42.5 Å². The third-order valence-corrected chi connectivity index (χ3v) is 5.04. The summed E-state index contributed by atoms with van der Waals surface area (Å²) in [6.07, 6.45) is -0.0813. The van der Waals surface area contributed by atoms with Gasteiger partial charge in [0.15, 0.2) is 0 Å². The Kier molecular flexibility index (Phi) is 6.61. The fourth-order valence-corrected chi connectivity index (χ4v) is 3.40. The molecule has 1 atom stereocenters. The summed E-state index contributed by atoms with van der Waals surface area (Å²) >= 11 is 0. The molecule has 3 rings (SSSR count). The van der Waals surface area contributed by atoms with Crippen molar-refractivity contribution in [3.63, 3.8) is 0 Å². The predicted octanol–water partition coefficient (Wildman–Crippen LogP) is 2.65. The van der Waals surface area contributed by atoms with Gasteiger partial charge < -0.3 is 9.64 Å². The van der Waals surface area contributed by atoms with Gasteiger partial charge >= 0.3 is 5.97 Å². The number of hydrogen-bond donors (Lipinski definition) is 0. The van der Waals surface area contributed by atoms with E-state index in [0.717, 1.165) is 10.5 Å². The SMILES string of the molecule is CCOC(=O)C(C)N(Cc1ccccc1)C(=O)CCN1C(=O)c2ccccc2C1=O. The lowest BCUT2D eigenvalue weighted by Crippen LogP contribution is -2.45. The molecule has 0 spiro atoms. The number of carbonyl (C=O) groups is 4. The molecule has 0 radical (unpaired) electrons. The van der Waals surface area contributed by atoms with E-state index in [1.165, 1.54) is 4.90 Å². The second kappa shape index (κ2) is 9.35. The molecule has 156 valence electrons. The van der Waals surface area contributed by atoms with Gasteiger partial charge in [-0.05, 0) is 31.5 Å². The van der Waals surface area contributed by atoms with Crippen LogP contribution in [0.4, 0.5) is 0 Å². The second-order valence-corrected chi connectivity index (χ2v) is 6.99. The Hall–Kier alpha value is -3.48. The maximum absolute atomic E-state index is 13.0. The van der Waals surface area contributed by atoms with Crippen molar-refractivity contribution < 1.29 is 23.9 Å². The van der Waals surface area contributed by atoms with Crippen molar-refractivity contribution in [1.82, 2.24) is 9.80 Å². The number of carbonyl (C=O) groups excluding carboxylic acids is 4. The minimum absolute atomic E-state index is 0.0496. The van der Waals surface area contributed by atoms with Crippen molar-refractivity contribution in [3.05, 3.63) is 71.3 Å². The summed E-state index contributed by atoms with van der Waals surface area (Å²) < 4.78 is 5.08. The molecule has 1 aliphatic heterocycles. The van der Waals surface area contributed by atoms with Crippen LogP contribution in [0.15, 0.2) is 54.6 Å². The molecular weight excluding hydrogens is 384 g/mol. The largest absolute Gasteiger partial charge is 0.464 e. The van der Waals surface area contributed by atoms with Gasteiger partial charge in [-0.15, -0.1) is 0 Å². The minimum atomic E-state index is -0.792. The topological polar surface area (TPSA) is 84.0 Å². The first-order valence-electron chi connectivity index (χ1n) is 9.89. The number of rotatable bonds is 8. The van der Waals surface area contributed by atoms with Crippen LogP contribution in [0.2, 0.25) is 0 Å². The number of esters is 1. The van der Waals surface area contributed by atoms with E-state index in [-0.39, 0.29) is 32.0 Å². The fourth-order valence-electron chi connectivity index (χ4n) is 3.40. The first-order valence-corrected chi connectivity index (χ1v) is 9.89. The second-order valence-electron chi connectivity index (χ2n) is 6.99. The van der Waals surface area contributed by atoms with Gasteiger partial charge in [-0.25, -0.2) is 4.79 Å². The molecule has 2 aromatic rings. The molecule has 1 heterocycles. The lowest BCUT2D eigenvalue weighted by atomic mass is 10.1. The van der Waals surface area contributed by atoms with E-state index < -0.39 is 23.8 Å². The summed E-state index contributed by atoms with van der Waals surface area (Å²) in [6.45, 7) is 3.70. The van der Waals surface area contributed by atoms with Crippen LogP contribution in [0.25, 0.3) is 0 Å². The molecule has 7 heteroatoms. The molecule has 0 fully saturated rings. The van der Waals surface area contributed by atoms with Crippen LogP contribution >= 0.6 is 0 Å². The van der Waals surface area contributed by atoms with Gasteiger partial charge in [0.05, 0.1) is 17.7 Å². The average molecular weight is 408 g/mol. The lowest BCUT2D eigenvalue weighted by molar-refractivity contribution is -0.154. The van der Waals surface area contributed by atoms with Gasteiger partial charge in [0.25, 0.3) is 11.8 Å². The summed E-state index contributed by atoms with van der Waals surface area (Å²) in [5.74, 6) is -1.65. The van der Waals surface area contributed by atoms with Crippen molar-refractivity contribution in [2.45, 2.75) is 32.9 Å². The lowest BCUT2D eigenvalue weighted by Gasteiger charge is -2.28. The van der Waals surface area contributed by atoms with Crippen LogP contribution in [0, 0.1) is 0 Å². The van der Waals surface area contributed by atoms with Crippen molar-refractivity contribution in [2.24, 2.45) is 0 Å². The van der Waals surface area contributed by atoms with Gasteiger partial charge in [-0.3, -0.25) is 19.3 Å². The molecule has 1 aliphatic rings. The fraction of sp³-hybridized carbons (Fsp3) is 0.304. The smallest absolute Gasteiger partial charge is 0.328 e. The van der Waals surface area contributed by atoms with Crippen LogP contribution in [-0.2, 0) is 20.9 Å². The Morgan fingerprint density at radius 3 is 2.10 bits per heavy atom. The number of amides is 3. The number of nitrogens with zero attached hydrogens (tertiary/aromatic N) is 2. The van der Waals surface area contributed by atoms with E-state index in [4.69, 9.17) is 4.74 Å². The van der Waals surface area contributed by atoms with Crippen LogP contribution in [0.5, 0.6) is 0 Å². The number of ether oxygens (including phenoxy) is 1. The first-order chi connectivity index (χ1) is 14.4. The third kappa shape index (κ3) is 4.40. The minimum Gasteiger partial charge on any atom is -0.464 e. The maximum atomic E-state index is 13.0. The Bertz CT molecular complexity index is 922. The van der Waals surface area contributed by atoms with E-state index in [9.17, 15) is 19.2 Å². The van der Waals surface area contributed by atoms with E-state index in [0.29, 0.717) is 11.1 Å². The monoisotopic (exact) mass is 408 g/mol. The number of fused-ring (bicyclic) bond motifs is 1. The van der Waals surface area contributed by atoms with Gasteiger partial charge in [0, 0.05) is 19.5 Å². The van der Waals surface area contributed by atoms with Gasteiger partial charge in [0.2, 0.25) is 5.91 Å². The molecule has 7 nitrogen and oxygen atoms in total. The molecule has 3 amide bonds. The highest BCUT2D eigenvalue weighted by Crippen LogP contribution is 2.23. The van der Waals surface area contributed by atoms with Crippen LogP contribution in [0.1, 0.15) is 46.5 Å². The molecule has 0 N–H and O–H groups in total. The zero-order valence-corrected chi connectivity index (χ0v) is 17.0. The standard InChI is InChI=1S/C23H24N2O5/c1-3-30-23(29)16(2)25(15-17-9-5-4-6-10-17)20(26)13-14-24-21(27)18-11-7-8-12-19(18)22(24)28/h4-12,16H,3,13-15H2,1-2H3. The van der Waals surface area contributed by atoms with Gasteiger partial charge in [-0.2, -0.15) is 0 Å². The molecule has 0 bridgehead atoms. The molecular formula is C23H24N2O5. The highest BCUT2D eigenvalue weighted by molar-refractivity contribution is 6.21. The van der Waals surface area contributed by atoms with Gasteiger partial charge in [0.1, 0.15) is 6.04 Å². The molecule has 0 saturated carbocycles. The quantitative estimate of drug-likeness (QED) is 0.495.